The molecule has 114 valence electrons. The van der Waals surface area contributed by atoms with Gasteiger partial charge in [-0.05, 0) is 31.6 Å². The molecule has 0 bridgehead atoms. The SMILES string of the molecule is Cc1[nH]nc(S(=O)(=O)N2CCCC(C)(C)CC2)c1CCl. The lowest BCUT2D eigenvalue weighted by Gasteiger charge is -2.22. The van der Waals surface area contributed by atoms with Gasteiger partial charge < -0.3 is 0 Å². The van der Waals surface area contributed by atoms with E-state index >= 15 is 0 Å². The van der Waals surface area contributed by atoms with Crippen molar-refractivity contribution in [3.05, 3.63) is 11.3 Å². The number of hydrogen-bond acceptors (Lipinski definition) is 3. The van der Waals surface area contributed by atoms with Gasteiger partial charge in [-0.1, -0.05) is 13.8 Å². The monoisotopic (exact) mass is 319 g/mol. The minimum absolute atomic E-state index is 0.0877. The number of aromatic amines is 1. The largest absolute Gasteiger partial charge is 0.281 e. The van der Waals surface area contributed by atoms with Crippen LogP contribution in [0.3, 0.4) is 0 Å². The molecule has 5 nitrogen and oxygen atoms in total. The van der Waals surface area contributed by atoms with Crippen LogP contribution in [0.5, 0.6) is 0 Å². The molecule has 1 aliphatic rings. The Labute approximate surface area is 125 Å². The van der Waals surface area contributed by atoms with E-state index < -0.39 is 10.0 Å². The van der Waals surface area contributed by atoms with E-state index in [-0.39, 0.29) is 16.3 Å². The molecular weight excluding hydrogens is 298 g/mol. The molecule has 0 spiro atoms. The Hall–Kier alpha value is -0.590. The molecule has 1 N–H and O–H groups in total. The molecule has 1 fully saturated rings. The molecule has 0 unspecified atom stereocenters. The van der Waals surface area contributed by atoms with Crippen LogP contribution in [0.4, 0.5) is 0 Å². The molecule has 1 aromatic heterocycles. The summed E-state index contributed by atoms with van der Waals surface area (Å²) in [5.74, 6) is 0.149. The van der Waals surface area contributed by atoms with Gasteiger partial charge in [-0.3, -0.25) is 5.10 Å². The van der Waals surface area contributed by atoms with Gasteiger partial charge in [0.15, 0.2) is 5.03 Å². The lowest BCUT2D eigenvalue weighted by atomic mass is 9.85. The molecule has 20 heavy (non-hydrogen) atoms. The summed E-state index contributed by atoms with van der Waals surface area (Å²) in [6, 6.07) is 0. The van der Waals surface area contributed by atoms with E-state index in [0.29, 0.717) is 24.3 Å². The summed E-state index contributed by atoms with van der Waals surface area (Å²) < 4.78 is 27.0. The first-order valence-corrected chi connectivity index (χ1v) is 8.85. The highest BCUT2D eigenvalue weighted by Crippen LogP contribution is 2.32. The van der Waals surface area contributed by atoms with Crippen molar-refractivity contribution in [1.29, 1.82) is 0 Å². The molecule has 2 rings (SSSR count). The Morgan fingerprint density at radius 2 is 2.05 bits per heavy atom. The third-order valence-electron chi connectivity index (χ3n) is 4.05. The zero-order valence-corrected chi connectivity index (χ0v) is 13.8. The summed E-state index contributed by atoms with van der Waals surface area (Å²) in [6.07, 6.45) is 2.79. The average Bonchev–Trinajstić information content (AvgIpc) is 2.64. The average molecular weight is 320 g/mol. The first-order chi connectivity index (χ1) is 9.28. The van der Waals surface area contributed by atoms with Crippen molar-refractivity contribution in [2.75, 3.05) is 13.1 Å². The summed E-state index contributed by atoms with van der Waals surface area (Å²) in [5, 5.41) is 6.77. The Kier molecular flexibility index (Phi) is 4.47. The molecule has 0 aromatic carbocycles. The highest BCUT2D eigenvalue weighted by molar-refractivity contribution is 7.89. The molecule has 0 atom stereocenters. The highest BCUT2D eigenvalue weighted by Gasteiger charge is 2.33. The minimum atomic E-state index is -3.55. The van der Waals surface area contributed by atoms with Crippen LogP contribution in [-0.4, -0.2) is 36.0 Å². The van der Waals surface area contributed by atoms with E-state index in [2.05, 4.69) is 24.0 Å². The summed E-state index contributed by atoms with van der Waals surface area (Å²) >= 11 is 5.86. The normalized spacial score (nSPS) is 20.8. The Morgan fingerprint density at radius 1 is 1.35 bits per heavy atom. The Bertz CT molecular complexity index is 580. The third-order valence-corrected chi connectivity index (χ3v) is 6.19. The number of halogens is 1. The fourth-order valence-electron chi connectivity index (χ4n) is 2.56. The quantitative estimate of drug-likeness (QED) is 0.871. The van der Waals surface area contributed by atoms with Crippen LogP contribution in [0.15, 0.2) is 5.03 Å². The summed E-state index contributed by atoms with van der Waals surface area (Å²) in [4.78, 5) is 0. The van der Waals surface area contributed by atoms with Gasteiger partial charge in [0, 0.05) is 24.3 Å². The minimum Gasteiger partial charge on any atom is -0.281 e. The summed E-state index contributed by atoms with van der Waals surface area (Å²) in [5.41, 5.74) is 1.49. The highest BCUT2D eigenvalue weighted by atomic mass is 35.5. The van der Waals surface area contributed by atoms with Crippen LogP contribution >= 0.6 is 11.6 Å². The number of nitrogens with zero attached hydrogens (tertiary/aromatic N) is 2. The Balaban J connectivity index is 2.30. The number of aryl methyl sites for hydroxylation is 1. The maximum absolute atomic E-state index is 12.7. The maximum atomic E-state index is 12.7. The number of H-pyrrole nitrogens is 1. The van der Waals surface area contributed by atoms with Crippen molar-refractivity contribution < 1.29 is 8.42 Å². The van der Waals surface area contributed by atoms with Crippen LogP contribution in [-0.2, 0) is 15.9 Å². The van der Waals surface area contributed by atoms with Crippen molar-refractivity contribution in [2.24, 2.45) is 5.41 Å². The van der Waals surface area contributed by atoms with E-state index in [1.54, 1.807) is 11.2 Å². The number of rotatable bonds is 3. The second kappa shape index (κ2) is 5.66. The third kappa shape index (κ3) is 3.02. The van der Waals surface area contributed by atoms with E-state index in [4.69, 9.17) is 11.6 Å². The van der Waals surface area contributed by atoms with Gasteiger partial charge in [-0.15, -0.1) is 11.6 Å². The first kappa shape index (κ1) is 15.8. The fraction of sp³-hybridized carbons (Fsp3) is 0.769. The molecule has 0 radical (unpaired) electrons. The number of alkyl halides is 1. The second-order valence-electron chi connectivity index (χ2n) is 6.19. The van der Waals surface area contributed by atoms with Gasteiger partial charge >= 0.3 is 0 Å². The molecule has 1 saturated heterocycles. The summed E-state index contributed by atoms with van der Waals surface area (Å²) in [6.45, 7) is 7.26. The van der Waals surface area contributed by atoms with Crippen molar-refractivity contribution >= 4 is 21.6 Å². The number of nitrogens with one attached hydrogen (secondary N) is 1. The molecular formula is C13H22ClN3O2S. The van der Waals surface area contributed by atoms with Crippen molar-refractivity contribution in [2.45, 2.75) is 50.9 Å². The smallest absolute Gasteiger partial charge is 0.262 e. The van der Waals surface area contributed by atoms with Gasteiger partial charge in [0.2, 0.25) is 0 Å². The number of hydrogen-bond donors (Lipinski definition) is 1. The van der Waals surface area contributed by atoms with Crippen molar-refractivity contribution in [3.63, 3.8) is 0 Å². The Morgan fingerprint density at radius 3 is 2.70 bits per heavy atom. The lowest BCUT2D eigenvalue weighted by molar-refractivity contribution is 0.314. The maximum Gasteiger partial charge on any atom is 0.262 e. The van der Waals surface area contributed by atoms with E-state index in [1.807, 2.05) is 0 Å². The predicted molar refractivity (Wildman–Crippen MR) is 79.3 cm³/mol. The van der Waals surface area contributed by atoms with E-state index in [9.17, 15) is 8.42 Å². The van der Waals surface area contributed by atoms with Gasteiger partial charge in [0.1, 0.15) is 0 Å². The number of sulfonamides is 1. The fourth-order valence-corrected chi connectivity index (χ4v) is 4.61. The topological polar surface area (TPSA) is 66.1 Å². The van der Waals surface area contributed by atoms with E-state index in [1.165, 1.54) is 0 Å². The standard InChI is InChI=1S/C13H22ClN3O2S/c1-10-11(9-14)12(16-15-10)20(18,19)17-7-4-5-13(2,3)6-8-17/h4-9H2,1-3H3,(H,15,16). The van der Waals surface area contributed by atoms with Crippen LogP contribution < -0.4 is 0 Å². The van der Waals surface area contributed by atoms with Crippen molar-refractivity contribution in [1.82, 2.24) is 14.5 Å². The van der Waals surface area contributed by atoms with E-state index in [0.717, 1.165) is 19.3 Å². The molecule has 2 heterocycles. The molecule has 1 aliphatic heterocycles. The van der Waals surface area contributed by atoms with Gasteiger partial charge in [0.05, 0.1) is 5.88 Å². The van der Waals surface area contributed by atoms with Crippen LogP contribution in [0.1, 0.15) is 44.4 Å². The molecule has 7 heteroatoms. The predicted octanol–water partition coefficient (Wildman–Crippen LogP) is 2.66. The molecule has 0 amide bonds. The zero-order chi connectivity index (χ0) is 15.0. The second-order valence-corrected chi connectivity index (χ2v) is 8.31. The van der Waals surface area contributed by atoms with Gasteiger partial charge in [-0.25, -0.2) is 8.42 Å². The van der Waals surface area contributed by atoms with Crippen LogP contribution in [0.25, 0.3) is 0 Å². The van der Waals surface area contributed by atoms with Gasteiger partial charge in [-0.2, -0.15) is 9.40 Å². The molecule has 1 aromatic rings. The lowest BCUT2D eigenvalue weighted by Crippen LogP contribution is -2.33. The van der Waals surface area contributed by atoms with Crippen molar-refractivity contribution in [3.8, 4) is 0 Å². The molecule has 0 saturated carbocycles. The van der Waals surface area contributed by atoms with Gasteiger partial charge in [0.25, 0.3) is 10.0 Å². The van der Waals surface area contributed by atoms with Crippen LogP contribution in [0, 0.1) is 12.3 Å². The molecule has 0 aliphatic carbocycles. The number of aromatic nitrogens is 2. The summed E-state index contributed by atoms with van der Waals surface area (Å²) in [7, 11) is -3.55. The zero-order valence-electron chi connectivity index (χ0n) is 12.2. The van der Waals surface area contributed by atoms with Crippen LogP contribution in [0.2, 0.25) is 0 Å². The first-order valence-electron chi connectivity index (χ1n) is 6.88.